The number of aliphatic hydroxyl groups is 1. The molecule has 0 aliphatic carbocycles. The fraction of sp³-hybridized carbons (Fsp3) is 0.684. The molecule has 3 nitrogen and oxygen atoms in total. The summed E-state index contributed by atoms with van der Waals surface area (Å²) in [7, 11) is 0. The molecule has 1 heterocycles. The number of hydrogen-bond donors (Lipinski definition) is 1. The Labute approximate surface area is 146 Å². The van der Waals surface area contributed by atoms with Gasteiger partial charge in [0, 0.05) is 48.2 Å². The normalized spacial score (nSPS) is 24.6. The Bertz CT molecular complexity index is 447. The number of aliphatic hydroxyl groups excluding tert-OH is 1. The van der Waals surface area contributed by atoms with E-state index in [0.717, 1.165) is 35.8 Å². The van der Waals surface area contributed by atoms with E-state index in [1.165, 1.54) is 0 Å². The number of rotatable bonds is 9. The van der Waals surface area contributed by atoms with Crippen molar-refractivity contribution in [3.8, 4) is 0 Å². The lowest BCUT2D eigenvalue weighted by Crippen LogP contribution is -2.28. The van der Waals surface area contributed by atoms with E-state index in [0.29, 0.717) is 12.5 Å². The Morgan fingerprint density at radius 1 is 1.39 bits per heavy atom. The SMILES string of the molecule is C=C(C)C(C(Cl)=CC)C(C)OCC1CN(C(=C)CC)CC1CO. The molecule has 4 unspecified atom stereocenters. The van der Waals surface area contributed by atoms with E-state index in [1.807, 2.05) is 26.8 Å². The van der Waals surface area contributed by atoms with Crippen LogP contribution >= 0.6 is 11.6 Å². The third-order valence-corrected chi connectivity index (χ3v) is 5.27. The molecule has 1 aliphatic heterocycles. The zero-order chi connectivity index (χ0) is 17.6. The first-order chi connectivity index (χ1) is 10.8. The highest BCUT2D eigenvalue weighted by atomic mass is 35.5. The van der Waals surface area contributed by atoms with Crippen molar-refractivity contribution < 1.29 is 9.84 Å². The Morgan fingerprint density at radius 3 is 2.48 bits per heavy atom. The minimum Gasteiger partial charge on any atom is -0.396 e. The van der Waals surface area contributed by atoms with Crippen LogP contribution in [0.2, 0.25) is 0 Å². The van der Waals surface area contributed by atoms with E-state index in [1.54, 1.807) is 0 Å². The fourth-order valence-corrected chi connectivity index (χ4v) is 3.59. The molecule has 0 bridgehead atoms. The van der Waals surface area contributed by atoms with E-state index >= 15 is 0 Å². The Kier molecular flexibility index (Phi) is 8.38. The molecule has 1 aliphatic rings. The molecule has 0 aromatic heterocycles. The van der Waals surface area contributed by atoms with Gasteiger partial charge in [0.1, 0.15) is 0 Å². The number of allylic oxidation sites excluding steroid dienone is 2. The van der Waals surface area contributed by atoms with Gasteiger partial charge in [-0.05, 0) is 27.2 Å². The van der Waals surface area contributed by atoms with Crippen LogP contribution in [-0.4, -0.2) is 42.4 Å². The molecular weight excluding hydrogens is 310 g/mol. The summed E-state index contributed by atoms with van der Waals surface area (Å²) >= 11 is 6.32. The Hall–Kier alpha value is -0.770. The zero-order valence-corrected chi connectivity index (χ0v) is 15.8. The minimum atomic E-state index is -0.0287. The van der Waals surface area contributed by atoms with Crippen molar-refractivity contribution in [1.29, 1.82) is 0 Å². The first-order valence-corrected chi connectivity index (χ1v) is 8.85. The molecule has 4 atom stereocenters. The van der Waals surface area contributed by atoms with Crippen LogP contribution in [0.4, 0.5) is 0 Å². The lowest BCUT2D eigenvalue weighted by atomic mass is 9.94. The average Bonchev–Trinajstić information content (AvgIpc) is 2.94. The van der Waals surface area contributed by atoms with Crippen LogP contribution in [-0.2, 0) is 4.74 Å². The highest BCUT2D eigenvalue weighted by Gasteiger charge is 2.33. The first kappa shape index (κ1) is 20.3. The molecule has 0 spiro atoms. The van der Waals surface area contributed by atoms with Gasteiger partial charge in [0.15, 0.2) is 0 Å². The number of halogens is 1. The van der Waals surface area contributed by atoms with Gasteiger partial charge in [-0.1, -0.05) is 43.3 Å². The van der Waals surface area contributed by atoms with E-state index in [4.69, 9.17) is 16.3 Å². The van der Waals surface area contributed by atoms with Crippen molar-refractivity contribution in [1.82, 2.24) is 4.90 Å². The van der Waals surface area contributed by atoms with Gasteiger partial charge in [0.05, 0.1) is 12.7 Å². The molecule has 23 heavy (non-hydrogen) atoms. The highest BCUT2D eigenvalue weighted by Crippen LogP contribution is 2.31. The van der Waals surface area contributed by atoms with Crippen LogP contribution in [0.3, 0.4) is 0 Å². The third kappa shape index (κ3) is 5.37. The monoisotopic (exact) mass is 341 g/mol. The van der Waals surface area contributed by atoms with Crippen molar-refractivity contribution in [3.63, 3.8) is 0 Å². The van der Waals surface area contributed by atoms with E-state index < -0.39 is 0 Å². The molecule has 0 aromatic carbocycles. The maximum absolute atomic E-state index is 9.64. The second-order valence-corrected chi connectivity index (χ2v) is 7.00. The number of likely N-dealkylation sites (tertiary alicyclic amines) is 1. The van der Waals surface area contributed by atoms with Crippen LogP contribution in [0, 0.1) is 17.8 Å². The van der Waals surface area contributed by atoms with E-state index in [2.05, 4.69) is 25.0 Å². The quantitative estimate of drug-likeness (QED) is 0.638. The summed E-state index contributed by atoms with van der Waals surface area (Å²) in [5.41, 5.74) is 2.14. The van der Waals surface area contributed by atoms with Gasteiger partial charge in [-0.15, -0.1) is 0 Å². The summed E-state index contributed by atoms with van der Waals surface area (Å²) < 4.78 is 6.11. The van der Waals surface area contributed by atoms with Gasteiger partial charge >= 0.3 is 0 Å². The van der Waals surface area contributed by atoms with Crippen LogP contribution in [0.5, 0.6) is 0 Å². The van der Waals surface area contributed by atoms with Crippen molar-refractivity contribution in [2.24, 2.45) is 17.8 Å². The summed E-state index contributed by atoms with van der Waals surface area (Å²) in [5.74, 6) is 0.587. The van der Waals surface area contributed by atoms with Crippen molar-refractivity contribution in [3.05, 3.63) is 35.5 Å². The molecule has 0 aromatic rings. The topological polar surface area (TPSA) is 32.7 Å². The average molecular weight is 342 g/mol. The lowest BCUT2D eigenvalue weighted by molar-refractivity contribution is 0.0121. The smallest absolute Gasteiger partial charge is 0.0661 e. The molecule has 1 rings (SSSR count). The zero-order valence-electron chi connectivity index (χ0n) is 15.0. The van der Waals surface area contributed by atoms with Crippen LogP contribution in [0.25, 0.3) is 0 Å². The van der Waals surface area contributed by atoms with Crippen LogP contribution < -0.4 is 0 Å². The standard InChI is InChI=1S/C19H32ClNO2/c1-7-14(5)21-9-16(11-22)17(10-21)12-23-15(6)19(13(3)4)18(20)8-2/h8,15-17,19,22H,3,5,7,9-12H2,1-2,4,6H3. The van der Waals surface area contributed by atoms with E-state index in [-0.39, 0.29) is 24.5 Å². The lowest BCUT2D eigenvalue weighted by Gasteiger charge is -2.26. The van der Waals surface area contributed by atoms with Crippen molar-refractivity contribution in [2.75, 3.05) is 26.3 Å². The molecule has 1 saturated heterocycles. The summed E-state index contributed by atoms with van der Waals surface area (Å²) in [6.45, 7) is 18.8. The summed E-state index contributed by atoms with van der Waals surface area (Å²) in [6, 6.07) is 0. The van der Waals surface area contributed by atoms with Crippen LogP contribution in [0.1, 0.15) is 34.1 Å². The second kappa shape index (κ2) is 9.51. The predicted molar refractivity (Wildman–Crippen MR) is 98.4 cm³/mol. The number of ether oxygens (including phenoxy) is 1. The molecule has 0 radical (unpaired) electrons. The Balaban J connectivity index is 2.65. The van der Waals surface area contributed by atoms with E-state index in [9.17, 15) is 5.11 Å². The van der Waals surface area contributed by atoms with Crippen molar-refractivity contribution >= 4 is 11.6 Å². The second-order valence-electron chi connectivity index (χ2n) is 6.56. The summed E-state index contributed by atoms with van der Waals surface area (Å²) in [5, 5.41) is 10.4. The third-order valence-electron chi connectivity index (χ3n) is 4.81. The minimum absolute atomic E-state index is 0.0253. The van der Waals surface area contributed by atoms with Gasteiger partial charge in [-0.3, -0.25) is 0 Å². The maximum Gasteiger partial charge on any atom is 0.0661 e. The van der Waals surface area contributed by atoms with Gasteiger partial charge in [-0.25, -0.2) is 0 Å². The highest BCUT2D eigenvalue weighted by molar-refractivity contribution is 6.30. The molecular formula is C19H32ClNO2. The molecule has 4 heteroatoms. The summed E-state index contributed by atoms with van der Waals surface area (Å²) in [4.78, 5) is 2.27. The van der Waals surface area contributed by atoms with Crippen molar-refractivity contribution in [2.45, 2.75) is 40.2 Å². The molecule has 1 N–H and O–H groups in total. The molecule has 1 fully saturated rings. The fourth-order valence-electron chi connectivity index (χ4n) is 3.23. The number of hydrogen-bond acceptors (Lipinski definition) is 3. The first-order valence-electron chi connectivity index (χ1n) is 8.47. The van der Waals surface area contributed by atoms with Gasteiger partial charge in [0.2, 0.25) is 0 Å². The largest absolute Gasteiger partial charge is 0.396 e. The predicted octanol–water partition coefficient (Wildman–Crippen LogP) is 4.19. The van der Waals surface area contributed by atoms with Gasteiger partial charge in [-0.2, -0.15) is 0 Å². The van der Waals surface area contributed by atoms with Gasteiger partial charge < -0.3 is 14.7 Å². The molecule has 132 valence electrons. The van der Waals surface area contributed by atoms with Gasteiger partial charge in [0.25, 0.3) is 0 Å². The molecule has 0 saturated carbocycles. The Morgan fingerprint density at radius 2 is 2.00 bits per heavy atom. The molecule has 0 amide bonds. The summed E-state index contributed by atoms with van der Waals surface area (Å²) in [6.07, 6.45) is 2.82. The number of nitrogens with zero attached hydrogens (tertiary/aromatic N) is 1. The van der Waals surface area contributed by atoms with Crippen LogP contribution in [0.15, 0.2) is 35.5 Å². The maximum atomic E-state index is 9.64.